The van der Waals surface area contributed by atoms with Gasteiger partial charge in [0.15, 0.2) is 0 Å². The Balaban J connectivity index is 2.40. The number of aromatic carboxylic acids is 1. The highest BCUT2D eigenvalue weighted by Gasteiger charge is 2.10. The molecular formula is C12H6Cl4N2O2. The van der Waals surface area contributed by atoms with Crippen LogP contribution in [-0.4, -0.2) is 16.1 Å². The van der Waals surface area contributed by atoms with Crippen LogP contribution >= 0.6 is 46.4 Å². The molecule has 1 aromatic heterocycles. The summed E-state index contributed by atoms with van der Waals surface area (Å²) in [6.45, 7) is 0. The number of carboxylic acid groups (broad SMARTS) is 1. The van der Waals surface area contributed by atoms with E-state index in [4.69, 9.17) is 51.5 Å². The van der Waals surface area contributed by atoms with Crippen molar-refractivity contribution in [1.82, 2.24) is 4.98 Å². The zero-order valence-electron chi connectivity index (χ0n) is 9.62. The number of halogens is 4. The lowest BCUT2D eigenvalue weighted by Gasteiger charge is -2.10. The van der Waals surface area contributed by atoms with Gasteiger partial charge in [-0.1, -0.05) is 46.4 Å². The fourth-order valence-electron chi connectivity index (χ4n) is 1.44. The largest absolute Gasteiger partial charge is 0.478 e. The third kappa shape index (κ3) is 3.46. The zero-order chi connectivity index (χ0) is 14.9. The van der Waals surface area contributed by atoms with E-state index in [-0.39, 0.29) is 16.5 Å². The fourth-order valence-corrected chi connectivity index (χ4v) is 2.24. The zero-order valence-corrected chi connectivity index (χ0v) is 12.6. The Morgan fingerprint density at radius 3 is 2.30 bits per heavy atom. The maximum atomic E-state index is 10.9. The van der Waals surface area contributed by atoms with Gasteiger partial charge in [0.1, 0.15) is 11.0 Å². The molecule has 1 aromatic carbocycles. The number of carbonyl (C=O) groups is 1. The molecule has 0 aliphatic carbocycles. The molecule has 0 saturated heterocycles. The van der Waals surface area contributed by atoms with Crippen molar-refractivity contribution in [3.05, 3.63) is 50.0 Å². The molecule has 2 N–H and O–H groups in total. The molecule has 0 bridgehead atoms. The number of nitrogens with one attached hydrogen (secondary N) is 1. The number of hydrogen-bond donors (Lipinski definition) is 2. The minimum absolute atomic E-state index is 0.00341. The number of benzene rings is 1. The number of carboxylic acids is 1. The Bertz CT molecular complexity index is 691. The van der Waals surface area contributed by atoms with Gasteiger partial charge in [-0.2, -0.15) is 0 Å². The maximum Gasteiger partial charge on any atom is 0.335 e. The number of pyridine rings is 1. The van der Waals surface area contributed by atoms with Gasteiger partial charge in [-0.15, -0.1) is 0 Å². The summed E-state index contributed by atoms with van der Waals surface area (Å²) in [5, 5.41) is 12.8. The Kier molecular flexibility index (Phi) is 4.60. The Morgan fingerprint density at radius 2 is 1.65 bits per heavy atom. The van der Waals surface area contributed by atoms with Gasteiger partial charge in [0.05, 0.1) is 26.3 Å². The van der Waals surface area contributed by atoms with E-state index in [2.05, 4.69) is 10.3 Å². The lowest BCUT2D eigenvalue weighted by atomic mass is 10.2. The molecule has 0 spiro atoms. The van der Waals surface area contributed by atoms with Crippen molar-refractivity contribution in [3.63, 3.8) is 0 Å². The summed E-state index contributed by atoms with van der Waals surface area (Å²) in [7, 11) is 0. The monoisotopic (exact) mass is 350 g/mol. The lowest BCUT2D eigenvalue weighted by molar-refractivity contribution is 0.0697. The van der Waals surface area contributed by atoms with Crippen LogP contribution in [0.3, 0.4) is 0 Å². The molecule has 0 atom stereocenters. The molecule has 0 unspecified atom stereocenters. The van der Waals surface area contributed by atoms with Gasteiger partial charge in [0, 0.05) is 0 Å². The van der Waals surface area contributed by atoms with Gasteiger partial charge in [-0.05, 0) is 24.3 Å². The first-order chi connectivity index (χ1) is 9.36. The van der Waals surface area contributed by atoms with Crippen LogP contribution in [0.4, 0.5) is 11.5 Å². The molecule has 8 heteroatoms. The third-order valence-electron chi connectivity index (χ3n) is 2.31. The molecule has 0 saturated carbocycles. The SMILES string of the molecule is O=C(O)c1cc(Cl)nc(Nc2cc(Cl)c(Cl)cc2Cl)c1. The summed E-state index contributed by atoms with van der Waals surface area (Å²) in [6, 6.07) is 5.55. The molecule has 2 rings (SSSR count). The number of aromatic nitrogens is 1. The van der Waals surface area contributed by atoms with E-state index in [1.807, 2.05) is 0 Å². The topological polar surface area (TPSA) is 62.2 Å². The summed E-state index contributed by atoms with van der Waals surface area (Å²) >= 11 is 23.5. The molecule has 0 aliphatic rings. The van der Waals surface area contributed by atoms with E-state index in [9.17, 15) is 4.79 Å². The van der Waals surface area contributed by atoms with Crippen LogP contribution in [-0.2, 0) is 0 Å². The molecule has 0 amide bonds. The van der Waals surface area contributed by atoms with Gasteiger partial charge in [-0.25, -0.2) is 9.78 Å². The Labute approximate surface area is 134 Å². The minimum atomic E-state index is -1.11. The molecule has 104 valence electrons. The molecule has 2 aromatic rings. The van der Waals surface area contributed by atoms with E-state index < -0.39 is 5.97 Å². The number of rotatable bonds is 3. The van der Waals surface area contributed by atoms with E-state index in [0.29, 0.717) is 20.8 Å². The van der Waals surface area contributed by atoms with Crippen LogP contribution in [0.1, 0.15) is 10.4 Å². The predicted molar refractivity (Wildman–Crippen MR) is 81.0 cm³/mol. The molecule has 0 aliphatic heterocycles. The van der Waals surface area contributed by atoms with Gasteiger partial charge >= 0.3 is 5.97 Å². The average Bonchev–Trinajstić information content (AvgIpc) is 2.35. The summed E-state index contributed by atoms with van der Waals surface area (Å²) in [5.41, 5.74) is 0.441. The number of nitrogens with zero attached hydrogens (tertiary/aromatic N) is 1. The minimum Gasteiger partial charge on any atom is -0.478 e. The Hall–Kier alpha value is -1.20. The second-order valence-electron chi connectivity index (χ2n) is 3.74. The quantitative estimate of drug-likeness (QED) is 0.593. The number of hydrogen-bond acceptors (Lipinski definition) is 3. The molecular weight excluding hydrogens is 346 g/mol. The fraction of sp³-hybridized carbons (Fsp3) is 0. The molecule has 0 radical (unpaired) electrons. The van der Waals surface area contributed by atoms with E-state index >= 15 is 0 Å². The normalized spacial score (nSPS) is 10.4. The first-order valence-electron chi connectivity index (χ1n) is 5.19. The van der Waals surface area contributed by atoms with Gasteiger partial charge in [0.2, 0.25) is 0 Å². The average molecular weight is 352 g/mol. The van der Waals surface area contributed by atoms with Gasteiger partial charge < -0.3 is 10.4 Å². The lowest BCUT2D eigenvalue weighted by Crippen LogP contribution is -2.01. The second kappa shape index (κ2) is 6.06. The van der Waals surface area contributed by atoms with Gasteiger partial charge in [-0.3, -0.25) is 0 Å². The Morgan fingerprint density at radius 1 is 1.00 bits per heavy atom. The van der Waals surface area contributed by atoms with Crippen LogP contribution in [0.5, 0.6) is 0 Å². The highest BCUT2D eigenvalue weighted by molar-refractivity contribution is 6.44. The summed E-state index contributed by atoms with van der Waals surface area (Å²) in [6.07, 6.45) is 0. The molecule has 0 fully saturated rings. The van der Waals surface area contributed by atoms with Crippen molar-refractivity contribution < 1.29 is 9.90 Å². The van der Waals surface area contributed by atoms with Crippen molar-refractivity contribution in [1.29, 1.82) is 0 Å². The van der Waals surface area contributed by atoms with Crippen molar-refractivity contribution >= 4 is 63.9 Å². The van der Waals surface area contributed by atoms with Crippen LogP contribution < -0.4 is 5.32 Å². The van der Waals surface area contributed by atoms with E-state index in [1.165, 1.54) is 24.3 Å². The standard InChI is InChI=1S/C12H6Cl4N2O2/c13-6-3-8(15)9(4-7(6)14)17-11-2-5(12(19)20)1-10(16)18-11/h1-4H,(H,17,18)(H,19,20). The maximum absolute atomic E-state index is 10.9. The first-order valence-corrected chi connectivity index (χ1v) is 6.70. The van der Waals surface area contributed by atoms with Gasteiger partial charge in [0.25, 0.3) is 0 Å². The van der Waals surface area contributed by atoms with E-state index in [0.717, 1.165) is 0 Å². The number of anilines is 2. The summed E-state index contributed by atoms with van der Waals surface area (Å²) < 4.78 is 0. The van der Waals surface area contributed by atoms with Crippen molar-refractivity contribution in [2.75, 3.05) is 5.32 Å². The summed E-state index contributed by atoms with van der Waals surface area (Å²) in [4.78, 5) is 14.9. The molecule has 4 nitrogen and oxygen atoms in total. The highest BCUT2D eigenvalue weighted by Crippen LogP contribution is 2.33. The van der Waals surface area contributed by atoms with Crippen molar-refractivity contribution in [3.8, 4) is 0 Å². The molecule has 20 heavy (non-hydrogen) atoms. The first kappa shape index (κ1) is 15.2. The van der Waals surface area contributed by atoms with Crippen LogP contribution in [0.2, 0.25) is 20.2 Å². The highest BCUT2D eigenvalue weighted by atomic mass is 35.5. The summed E-state index contributed by atoms with van der Waals surface area (Å²) in [5.74, 6) is -0.882. The van der Waals surface area contributed by atoms with Crippen molar-refractivity contribution in [2.24, 2.45) is 0 Å². The van der Waals surface area contributed by atoms with Crippen LogP contribution in [0.15, 0.2) is 24.3 Å². The second-order valence-corrected chi connectivity index (χ2v) is 5.35. The van der Waals surface area contributed by atoms with Crippen LogP contribution in [0.25, 0.3) is 0 Å². The van der Waals surface area contributed by atoms with Crippen molar-refractivity contribution in [2.45, 2.75) is 0 Å². The van der Waals surface area contributed by atoms with Crippen LogP contribution in [0, 0.1) is 0 Å². The smallest absolute Gasteiger partial charge is 0.335 e. The predicted octanol–water partition coefficient (Wildman–Crippen LogP) is 5.14. The third-order valence-corrected chi connectivity index (χ3v) is 3.54. The van der Waals surface area contributed by atoms with E-state index in [1.54, 1.807) is 0 Å². The molecule has 1 heterocycles.